The maximum atomic E-state index is 11.5. The Hall–Kier alpha value is -1.50. The van der Waals surface area contributed by atoms with Crippen molar-refractivity contribution in [2.45, 2.75) is 31.1 Å². The molecule has 0 bridgehead atoms. The van der Waals surface area contributed by atoms with Gasteiger partial charge in [0.05, 0.1) is 13.0 Å². The lowest BCUT2D eigenvalue weighted by atomic mass is 10.0. The average Bonchev–Trinajstić information content (AvgIpc) is 2.65. The number of aliphatic imine (C=N–C) groups is 1. The molecule has 1 N–H and O–H groups in total. The van der Waals surface area contributed by atoms with E-state index >= 15 is 0 Å². The number of nitrogens with zero attached hydrogens (tertiary/aromatic N) is 1. The quantitative estimate of drug-likeness (QED) is 0.797. The van der Waals surface area contributed by atoms with E-state index in [-0.39, 0.29) is 13.0 Å². The highest BCUT2D eigenvalue weighted by atomic mass is 32.2. The van der Waals surface area contributed by atoms with Crippen LogP contribution >= 0.6 is 11.8 Å². The van der Waals surface area contributed by atoms with Gasteiger partial charge < -0.3 is 14.6 Å². The van der Waals surface area contributed by atoms with Crippen LogP contribution in [0.1, 0.15) is 26.2 Å². The van der Waals surface area contributed by atoms with Crippen LogP contribution in [0.5, 0.6) is 0 Å². The van der Waals surface area contributed by atoms with Crippen molar-refractivity contribution >= 4 is 30.1 Å². The van der Waals surface area contributed by atoms with Gasteiger partial charge in [-0.1, -0.05) is 11.8 Å². The van der Waals surface area contributed by atoms with Crippen LogP contribution in [-0.4, -0.2) is 41.5 Å². The van der Waals surface area contributed by atoms with Crippen LogP contribution in [-0.2, 0) is 14.3 Å². The first-order valence-electron chi connectivity index (χ1n) is 6.03. The molecular weight excluding hydrogens is 270 g/mol. The van der Waals surface area contributed by atoms with Crippen molar-refractivity contribution in [1.29, 1.82) is 0 Å². The Bertz CT molecular complexity index is 459. The SMILES string of the molecule is CCOC(=O)OC1(CC(=O)O)CC2=C(CCN=C2)S1. The van der Waals surface area contributed by atoms with Gasteiger partial charge in [0.25, 0.3) is 0 Å². The van der Waals surface area contributed by atoms with E-state index in [1.165, 1.54) is 11.8 Å². The zero-order valence-corrected chi connectivity index (χ0v) is 11.4. The molecule has 1 atom stereocenters. The van der Waals surface area contributed by atoms with E-state index < -0.39 is 17.1 Å². The molecule has 0 aromatic rings. The van der Waals surface area contributed by atoms with Crippen molar-refractivity contribution in [2.24, 2.45) is 4.99 Å². The van der Waals surface area contributed by atoms with Crippen molar-refractivity contribution in [3.63, 3.8) is 0 Å². The minimum Gasteiger partial charge on any atom is -0.481 e. The van der Waals surface area contributed by atoms with Crippen LogP contribution in [0.2, 0.25) is 0 Å². The van der Waals surface area contributed by atoms with Crippen LogP contribution in [0.3, 0.4) is 0 Å². The molecule has 0 aromatic carbocycles. The fraction of sp³-hybridized carbons (Fsp3) is 0.583. The van der Waals surface area contributed by atoms with E-state index in [1.54, 1.807) is 13.1 Å². The Balaban J connectivity index is 2.12. The molecule has 19 heavy (non-hydrogen) atoms. The van der Waals surface area contributed by atoms with Gasteiger partial charge in [-0.05, 0) is 23.8 Å². The minimum atomic E-state index is -1.10. The topological polar surface area (TPSA) is 85.2 Å². The number of hydrogen-bond acceptors (Lipinski definition) is 6. The summed E-state index contributed by atoms with van der Waals surface area (Å²) < 4.78 is 10.0. The molecule has 0 amide bonds. The Morgan fingerprint density at radius 2 is 2.37 bits per heavy atom. The smallest absolute Gasteiger partial charge is 0.481 e. The highest BCUT2D eigenvalue weighted by molar-refractivity contribution is 8.04. The molecule has 0 saturated carbocycles. The number of carbonyl (C=O) groups excluding carboxylic acids is 1. The predicted molar refractivity (Wildman–Crippen MR) is 70.3 cm³/mol. The van der Waals surface area contributed by atoms with Crippen LogP contribution < -0.4 is 0 Å². The van der Waals surface area contributed by atoms with Gasteiger partial charge in [0.2, 0.25) is 0 Å². The molecule has 2 aliphatic heterocycles. The van der Waals surface area contributed by atoms with Crippen LogP contribution in [0.25, 0.3) is 0 Å². The van der Waals surface area contributed by atoms with Crippen molar-refractivity contribution in [1.82, 2.24) is 0 Å². The summed E-state index contributed by atoms with van der Waals surface area (Å²) in [7, 11) is 0. The summed E-state index contributed by atoms with van der Waals surface area (Å²) >= 11 is 1.31. The molecule has 0 radical (unpaired) electrons. The van der Waals surface area contributed by atoms with Crippen LogP contribution in [0, 0.1) is 0 Å². The van der Waals surface area contributed by atoms with E-state index in [4.69, 9.17) is 14.6 Å². The summed E-state index contributed by atoms with van der Waals surface area (Å²) in [6.07, 6.45) is 1.79. The third kappa shape index (κ3) is 3.28. The molecule has 0 saturated heterocycles. The van der Waals surface area contributed by atoms with Crippen LogP contribution in [0.15, 0.2) is 15.5 Å². The maximum absolute atomic E-state index is 11.5. The summed E-state index contributed by atoms with van der Waals surface area (Å²) in [5, 5.41) is 9.02. The Labute approximate surface area is 114 Å². The molecule has 0 spiro atoms. The minimum absolute atomic E-state index is 0.196. The fourth-order valence-corrected chi connectivity index (χ4v) is 3.54. The van der Waals surface area contributed by atoms with E-state index in [9.17, 15) is 9.59 Å². The van der Waals surface area contributed by atoms with Crippen molar-refractivity contribution in [3.8, 4) is 0 Å². The van der Waals surface area contributed by atoms with Gasteiger partial charge >= 0.3 is 12.1 Å². The molecule has 2 rings (SSSR count). The van der Waals surface area contributed by atoms with E-state index in [0.717, 1.165) is 16.9 Å². The monoisotopic (exact) mass is 285 g/mol. The van der Waals surface area contributed by atoms with Gasteiger partial charge in [0.15, 0.2) is 4.93 Å². The molecule has 104 valence electrons. The fourth-order valence-electron chi connectivity index (χ4n) is 2.11. The lowest BCUT2D eigenvalue weighted by molar-refractivity contribution is -0.140. The summed E-state index contributed by atoms with van der Waals surface area (Å²) in [6, 6.07) is 0. The lowest BCUT2D eigenvalue weighted by Crippen LogP contribution is -2.33. The highest BCUT2D eigenvalue weighted by Gasteiger charge is 2.45. The molecule has 0 aliphatic carbocycles. The third-order valence-corrected chi connectivity index (χ3v) is 4.25. The van der Waals surface area contributed by atoms with Crippen molar-refractivity contribution in [3.05, 3.63) is 10.5 Å². The van der Waals surface area contributed by atoms with E-state index in [2.05, 4.69) is 4.99 Å². The second-order valence-corrected chi connectivity index (χ2v) is 5.72. The molecule has 0 fully saturated rings. The second kappa shape index (κ2) is 5.64. The summed E-state index contributed by atoms with van der Waals surface area (Å²) in [5.41, 5.74) is 0.960. The zero-order valence-electron chi connectivity index (χ0n) is 10.5. The molecule has 6 nitrogen and oxygen atoms in total. The second-order valence-electron chi connectivity index (χ2n) is 4.28. The molecule has 1 unspecified atom stereocenters. The number of carboxylic acids is 1. The maximum Gasteiger partial charge on any atom is 0.509 e. The van der Waals surface area contributed by atoms with E-state index in [0.29, 0.717) is 13.0 Å². The largest absolute Gasteiger partial charge is 0.509 e. The summed E-state index contributed by atoms with van der Waals surface area (Å²) in [6.45, 7) is 2.55. The number of aliphatic carboxylic acids is 1. The number of ether oxygens (including phenoxy) is 2. The first-order valence-corrected chi connectivity index (χ1v) is 6.85. The van der Waals surface area contributed by atoms with E-state index in [1.807, 2.05) is 0 Å². The molecule has 0 aromatic heterocycles. The lowest BCUT2D eigenvalue weighted by Gasteiger charge is -2.26. The molecule has 2 heterocycles. The standard InChI is InChI=1S/C12H15NO5S/c1-2-17-11(16)18-12(6-10(14)15)5-8-7-13-4-3-9(8)19-12/h7H,2-6H2,1H3,(H,14,15). The number of dihydropyridines is 1. The molecule has 2 aliphatic rings. The number of hydrogen-bond donors (Lipinski definition) is 1. The first kappa shape index (κ1) is 13.9. The predicted octanol–water partition coefficient (Wildman–Crippen LogP) is 2.20. The summed E-state index contributed by atoms with van der Waals surface area (Å²) in [5.74, 6) is -1.01. The Kier molecular flexibility index (Phi) is 4.14. The van der Waals surface area contributed by atoms with Gasteiger partial charge in [-0.2, -0.15) is 0 Å². The van der Waals surface area contributed by atoms with Gasteiger partial charge in [-0.3, -0.25) is 9.79 Å². The third-order valence-electron chi connectivity index (χ3n) is 2.79. The summed E-state index contributed by atoms with van der Waals surface area (Å²) in [4.78, 5) is 26.6. The van der Waals surface area contributed by atoms with Crippen LogP contribution in [0.4, 0.5) is 4.79 Å². The number of thioether (sulfide) groups is 1. The van der Waals surface area contributed by atoms with Gasteiger partial charge in [-0.25, -0.2) is 4.79 Å². The van der Waals surface area contributed by atoms with Crippen molar-refractivity contribution < 1.29 is 24.2 Å². The normalized spacial score (nSPS) is 25.1. The highest BCUT2D eigenvalue weighted by Crippen LogP contribution is 2.50. The number of carbonyl (C=O) groups is 2. The molecular formula is C12H15NO5S. The average molecular weight is 285 g/mol. The first-order chi connectivity index (χ1) is 9.04. The van der Waals surface area contributed by atoms with Gasteiger partial charge in [0.1, 0.15) is 0 Å². The number of rotatable bonds is 4. The molecule has 7 heteroatoms. The Morgan fingerprint density at radius 3 is 3.00 bits per heavy atom. The number of carboxylic acid groups (broad SMARTS) is 1. The van der Waals surface area contributed by atoms with Gasteiger partial charge in [-0.15, -0.1) is 0 Å². The van der Waals surface area contributed by atoms with Crippen molar-refractivity contribution in [2.75, 3.05) is 13.2 Å². The van der Waals surface area contributed by atoms with Gasteiger partial charge in [0, 0.05) is 19.2 Å². The zero-order chi connectivity index (χ0) is 13.9. The Morgan fingerprint density at radius 1 is 1.58 bits per heavy atom.